The number of aliphatic carboxylic acids is 1. The number of benzene rings is 1. The largest absolute Gasteiger partial charge is 0.486 e. The number of ketones is 2. The van der Waals surface area contributed by atoms with Gasteiger partial charge in [-0.15, -0.1) is 11.3 Å². The lowest BCUT2D eigenvalue weighted by atomic mass is 9.79. The van der Waals surface area contributed by atoms with Crippen LogP contribution in [0.3, 0.4) is 0 Å². The van der Waals surface area contributed by atoms with E-state index in [-0.39, 0.29) is 30.3 Å². The van der Waals surface area contributed by atoms with E-state index in [4.69, 9.17) is 16.3 Å². The predicted octanol–water partition coefficient (Wildman–Crippen LogP) is 7.05. The molecule has 0 amide bonds. The van der Waals surface area contributed by atoms with E-state index in [1.54, 1.807) is 81.6 Å². The molecule has 0 bridgehead atoms. The van der Waals surface area contributed by atoms with E-state index >= 15 is 0 Å². The van der Waals surface area contributed by atoms with Gasteiger partial charge in [-0.2, -0.15) is 0 Å². The molecule has 7 nitrogen and oxygen atoms in total. The molecule has 0 aliphatic rings. The molecule has 0 radical (unpaired) electrons. The summed E-state index contributed by atoms with van der Waals surface area (Å²) >= 11 is 7.69. The first-order chi connectivity index (χ1) is 18.2. The number of rotatable bonds is 9. The third-order valence-electron chi connectivity index (χ3n) is 6.45. The Morgan fingerprint density at radius 3 is 2.41 bits per heavy atom. The van der Waals surface area contributed by atoms with Crippen LogP contribution in [0.15, 0.2) is 48.0 Å². The molecule has 204 valence electrons. The van der Waals surface area contributed by atoms with Crippen LogP contribution in [0.1, 0.15) is 77.3 Å². The molecule has 4 rings (SSSR count). The number of carboxylic acid groups (broad SMARTS) is 1. The summed E-state index contributed by atoms with van der Waals surface area (Å²) in [5, 5.41) is 13.1. The van der Waals surface area contributed by atoms with Gasteiger partial charge >= 0.3 is 5.97 Å². The average molecular weight is 567 g/mol. The summed E-state index contributed by atoms with van der Waals surface area (Å²) in [6.07, 6.45) is 1.66. The number of carbonyl (C=O) groups excluding carboxylic acids is 2. The number of carboxylic acids is 1. The number of fused-ring (bicyclic) bond motifs is 1. The van der Waals surface area contributed by atoms with Gasteiger partial charge in [-0.25, -0.2) is 4.98 Å². The Bertz CT molecular complexity index is 1590. The van der Waals surface area contributed by atoms with E-state index in [2.05, 4.69) is 4.98 Å². The number of Topliss-reactive ketones (excluding diaryl/α,β-unsaturated/α-hetero) is 1. The Kier molecular flexibility index (Phi) is 7.74. The third kappa shape index (κ3) is 5.92. The second-order valence-electron chi connectivity index (χ2n) is 11.3. The maximum absolute atomic E-state index is 14.0. The van der Waals surface area contributed by atoms with Gasteiger partial charge in [0.25, 0.3) is 0 Å². The Morgan fingerprint density at radius 1 is 1.10 bits per heavy atom. The molecule has 0 aliphatic carbocycles. The topological polar surface area (TPSA) is 98.0 Å². The third-order valence-corrected chi connectivity index (χ3v) is 7.62. The number of nitrogens with zero attached hydrogens (tertiary/aromatic N) is 2. The van der Waals surface area contributed by atoms with Crippen molar-refractivity contribution in [1.82, 2.24) is 9.38 Å². The van der Waals surface area contributed by atoms with Crippen LogP contribution in [0.5, 0.6) is 5.75 Å². The van der Waals surface area contributed by atoms with Crippen LogP contribution in [0.4, 0.5) is 0 Å². The van der Waals surface area contributed by atoms with Crippen LogP contribution in [-0.2, 0) is 17.8 Å². The highest BCUT2D eigenvalue weighted by Gasteiger charge is 2.37. The minimum Gasteiger partial charge on any atom is -0.486 e. The van der Waals surface area contributed by atoms with Crippen molar-refractivity contribution in [2.24, 2.45) is 10.8 Å². The number of hydrogen-bond acceptors (Lipinski definition) is 6. The Morgan fingerprint density at radius 2 is 1.82 bits per heavy atom. The summed E-state index contributed by atoms with van der Waals surface area (Å²) in [4.78, 5) is 44.5. The van der Waals surface area contributed by atoms with Crippen molar-refractivity contribution in [3.8, 4) is 5.75 Å². The van der Waals surface area contributed by atoms with Gasteiger partial charge in [0, 0.05) is 44.9 Å². The summed E-state index contributed by atoms with van der Waals surface area (Å²) in [7, 11) is 0. The predicted molar refractivity (Wildman–Crippen MR) is 152 cm³/mol. The Balaban J connectivity index is 1.97. The van der Waals surface area contributed by atoms with Crippen LogP contribution >= 0.6 is 22.9 Å². The van der Waals surface area contributed by atoms with Crippen molar-refractivity contribution >= 4 is 46.0 Å². The molecule has 0 saturated carbocycles. The number of thiazole rings is 1. The Labute approximate surface area is 236 Å². The lowest BCUT2D eigenvalue weighted by Gasteiger charge is -2.22. The number of hydrogen-bond donors (Lipinski definition) is 1. The van der Waals surface area contributed by atoms with E-state index in [0.717, 1.165) is 10.7 Å². The summed E-state index contributed by atoms with van der Waals surface area (Å²) in [6, 6.07) is 10.0. The van der Waals surface area contributed by atoms with Crippen LogP contribution < -0.4 is 4.74 Å². The molecule has 1 N–H and O–H groups in total. The molecular weight excluding hydrogens is 536 g/mol. The summed E-state index contributed by atoms with van der Waals surface area (Å²) in [5.41, 5.74) is 0.621. The molecule has 1 aromatic carbocycles. The van der Waals surface area contributed by atoms with Gasteiger partial charge < -0.3 is 14.2 Å². The fourth-order valence-electron chi connectivity index (χ4n) is 4.32. The first kappa shape index (κ1) is 28.5. The maximum Gasteiger partial charge on any atom is 0.309 e. The van der Waals surface area contributed by atoms with Gasteiger partial charge in [0.2, 0.25) is 5.78 Å². The van der Waals surface area contributed by atoms with E-state index in [0.29, 0.717) is 33.0 Å². The number of aryl methyl sites for hydroxylation is 1. The van der Waals surface area contributed by atoms with Gasteiger partial charge in [0.1, 0.15) is 17.4 Å². The molecule has 0 spiro atoms. The zero-order chi connectivity index (χ0) is 28.7. The molecule has 0 atom stereocenters. The van der Waals surface area contributed by atoms with Gasteiger partial charge in [0.05, 0.1) is 16.6 Å². The highest BCUT2D eigenvalue weighted by Crippen LogP contribution is 2.37. The SMILES string of the molecule is Cc1csc(COc2ccn3c(C(=O)c4cccc(Cl)c4)c(CC(C)(C)C(=O)O)c(C(=O)C(C)(C)C)c3c2)n1. The van der Waals surface area contributed by atoms with Crippen LogP contribution in [0.25, 0.3) is 5.52 Å². The molecule has 0 saturated heterocycles. The average Bonchev–Trinajstić information content (AvgIpc) is 3.40. The fraction of sp³-hybridized carbons (Fsp3) is 0.333. The summed E-state index contributed by atoms with van der Waals surface area (Å²) in [5.74, 6) is -1.09. The molecule has 0 unspecified atom stereocenters. The molecule has 9 heteroatoms. The number of carbonyl (C=O) groups is 3. The molecular formula is C30H31ClN2O5S. The first-order valence-electron chi connectivity index (χ1n) is 12.5. The van der Waals surface area contributed by atoms with E-state index < -0.39 is 16.8 Å². The van der Waals surface area contributed by atoms with Gasteiger partial charge in [-0.3, -0.25) is 14.4 Å². The van der Waals surface area contributed by atoms with E-state index in [9.17, 15) is 19.5 Å². The lowest BCUT2D eigenvalue weighted by molar-refractivity contribution is -0.146. The monoisotopic (exact) mass is 566 g/mol. The normalized spacial score (nSPS) is 12.1. The second-order valence-corrected chi connectivity index (χ2v) is 12.7. The number of aromatic nitrogens is 2. The number of ether oxygens (including phenoxy) is 1. The number of pyridine rings is 1. The first-order valence-corrected chi connectivity index (χ1v) is 13.7. The van der Waals surface area contributed by atoms with Crippen molar-refractivity contribution < 1.29 is 24.2 Å². The molecule has 3 heterocycles. The summed E-state index contributed by atoms with van der Waals surface area (Å²) < 4.78 is 7.67. The van der Waals surface area contributed by atoms with Crippen molar-refractivity contribution in [3.05, 3.63) is 86.1 Å². The molecule has 39 heavy (non-hydrogen) atoms. The second kappa shape index (κ2) is 10.6. The van der Waals surface area contributed by atoms with Crippen molar-refractivity contribution in [2.75, 3.05) is 0 Å². The van der Waals surface area contributed by atoms with Crippen LogP contribution in [0, 0.1) is 17.8 Å². The lowest BCUT2D eigenvalue weighted by Crippen LogP contribution is -2.29. The fourth-order valence-corrected chi connectivity index (χ4v) is 5.19. The van der Waals surface area contributed by atoms with Crippen molar-refractivity contribution in [2.45, 2.75) is 54.6 Å². The van der Waals surface area contributed by atoms with Crippen LogP contribution in [0.2, 0.25) is 5.02 Å². The van der Waals surface area contributed by atoms with Gasteiger partial charge in [-0.1, -0.05) is 44.5 Å². The quantitative estimate of drug-likeness (QED) is 0.218. The number of halogens is 1. The highest BCUT2D eigenvalue weighted by molar-refractivity contribution is 7.09. The highest BCUT2D eigenvalue weighted by atomic mass is 35.5. The van der Waals surface area contributed by atoms with Gasteiger partial charge in [0.15, 0.2) is 5.78 Å². The van der Waals surface area contributed by atoms with E-state index in [1.165, 1.54) is 11.3 Å². The minimum absolute atomic E-state index is 0.0304. The zero-order valence-electron chi connectivity index (χ0n) is 22.8. The standard InChI is InChI=1S/C30H31ClN2O5S/c1-17-16-39-23(32-17)15-38-20-10-11-33-22(13-20)24(27(35)29(2,3)4)21(14-30(5,6)28(36)37)25(33)26(34)18-8-7-9-19(31)12-18/h7-13,16H,14-15H2,1-6H3,(H,36,37). The Hall–Kier alpha value is -3.49. The maximum atomic E-state index is 14.0. The molecule has 0 fully saturated rings. The van der Waals surface area contributed by atoms with Crippen molar-refractivity contribution in [1.29, 1.82) is 0 Å². The molecule has 0 aliphatic heterocycles. The van der Waals surface area contributed by atoms with E-state index in [1.807, 2.05) is 12.3 Å². The smallest absolute Gasteiger partial charge is 0.309 e. The summed E-state index contributed by atoms with van der Waals surface area (Å²) in [6.45, 7) is 10.7. The molecule has 4 aromatic rings. The van der Waals surface area contributed by atoms with Crippen LogP contribution in [-0.4, -0.2) is 32.0 Å². The van der Waals surface area contributed by atoms with Gasteiger partial charge in [-0.05, 0) is 51.0 Å². The molecule has 3 aromatic heterocycles. The zero-order valence-corrected chi connectivity index (χ0v) is 24.4. The van der Waals surface area contributed by atoms with Crippen molar-refractivity contribution in [3.63, 3.8) is 0 Å². The minimum atomic E-state index is -1.25.